The maximum Gasteiger partial charge on any atom is 0.233 e. The van der Waals surface area contributed by atoms with Gasteiger partial charge in [-0.3, -0.25) is 9.63 Å². The minimum absolute atomic E-state index is 0.369. The summed E-state index contributed by atoms with van der Waals surface area (Å²) in [6, 6.07) is 0. The number of hydroxylamine groups is 2. The molecule has 0 radical (unpaired) electrons. The number of carbonyl (C=O) groups is 1. The number of carbonyl (C=O) groups excluding carboxylic acids is 1. The molecule has 80 valence electrons. The Morgan fingerprint density at radius 2 is 2.21 bits per heavy atom. The molecule has 0 saturated carbocycles. The van der Waals surface area contributed by atoms with Crippen molar-refractivity contribution in [3.8, 4) is 0 Å². The first-order valence-electron chi connectivity index (χ1n) is 4.41. The first-order valence-corrected chi connectivity index (χ1v) is 4.41. The topological polar surface area (TPSA) is 78.3 Å². The molecule has 0 spiro atoms. The van der Waals surface area contributed by atoms with Crippen LogP contribution in [0.4, 0.5) is 0 Å². The molecule has 0 unspecified atom stereocenters. The maximum absolute atomic E-state index is 10.5. The Hall–Kier alpha value is -1.26. The van der Waals surface area contributed by atoms with Gasteiger partial charge in [-0.15, -0.1) is 0 Å². The summed E-state index contributed by atoms with van der Waals surface area (Å²) in [5.41, 5.74) is 7.63. The second kappa shape index (κ2) is 6.23. The molecule has 6 heteroatoms. The van der Waals surface area contributed by atoms with Crippen LogP contribution in [0.25, 0.3) is 10.4 Å². The molecule has 1 amide bonds. The molecule has 0 bridgehead atoms. The molecule has 0 atom stereocenters. The normalized spacial score (nSPS) is 10.5. The highest BCUT2D eigenvalue weighted by atomic mass is 16.7. The van der Waals surface area contributed by atoms with Gasteiger partial charge in [-0.2, -0.15) is 0 Å². The van der Waals surface area contributed by atoms with Gasteiger partial charge in [-0.05, 0) is 32.7 Å². The van der Waals surface area contributed by atoms with Crippen LogP contribution in [0.1, 0.15) is 27.2 Å². The third-order valence-electron chi connectivity index (χ3n) is 1.21. The Bertz CT molecular complexity index is 218. The van der Waals surface area contributed by atoms with Gasteiger partial charge in [0.25, 0.3) is 0 Å². The van der Waals surface area contributed by atoms with E-state index in [0.717, 1.165) is 0 Å². The molecule has 0 aromatic rings. The zero-order chi connectivity index (χ0) is 11.0. The highest BCUT2D eigenvalue weighted by molar-refractivity contribution is 5.44. The van der Waals surface area contributed by atoms with Crippen LogP contribution in [0.5, 0.6) is 0 Å². The van der Waals surface area contributed by atoms with Gasteiger partial charge in [0.05, 0.1) is 5.60 Å². The molecular weight excluding hydrogens is 184 g/mol. The van der Waals surface area contributed by atoms with E-state index in [0.29, 0.717) is 25.9 Å². The molecule has 0 heterocycles. The Labute approximate surface area is 83.4 Å². The average molecular weight is 200 g/mol. The second-order valence-electron chi connectivity index (χ2n) is 3.76. The first-order chi connectivity index (χ1) is 6.49. The molecule has 14 heavy (non-hydrogen) atoms. The van der Waals surface area contributed by atoms with Crippen molar-refractivity contribution in [1.82, 2.24) is 5.06 Å². The Balaban J connectivity index is 3.80. The van der Waals surface area contributed by atoms with E-state index >= 15 is 0 Å². The first kappa shape index (κ1) is 12.7. The van der Waals surface area contributed by atoms with Crippen LogP contribution in [0.15, 0.2) is 5.11 Å². The maximum atomic E-state index is 10.5. The molecule has 0 aliphatic carbocycles. The number of hydrogen-bond acceptors (Lipinski definition) is 3. The summed E-state index contributed by atoms with van der Waals surface area (Å²) < 4.78 is 0. The summed E-state index contributed by atoms with van der Waals surface area (Å²) in [5, 5.41) is 4.57. The fraction of sp³-hybridized carbons (Fsp3) is 0.875. The summed E-state index contributed by atoms with van der Waals surface area (Å²) in [6.07, 6.45) is 1.22. The van der Waals surface area contributed by atoms with Crippen molar-refractivity contribution in [1.29, 1.82) is 0 Å². The summed E-state index contributed by atoms with van der Waals surface area (Å²) in [5.74, 6) is 0. The van der Waals surface area contributed by atoms with E-state index in [1.165, 1.54) is 5.06 Å². The van der Waals surface area contributed by atoms with Crippen molar-refractivity contribution >= 4 is 6.41 Å². The summed E-state index contributed by atoms with van der Waals surface area (Å²) in [4.78, 5) is 18.5. The van der Waals surface area contributed by atoms with Crippen LogP contribution >= 0.6 is 0 Å². The molecule has 0 aromatic carbocycles. The molecule has 0 aromatic heterocycles. The van der Waals surface area contributed by atoms with E-state index in [4.69, 9.17) is 10.4 Å². The van der Waals surface area contributed by atoms with Crippen LogP contribution in [0, 0.1) is 0 Å². The summed E-state index contributed by atoms with van der Waals surface area (Å²) >= 11 is 0. The molecule has 0 rings (SSSR count). The fourth-order valence-corrected chi connectivity index (χ4v) is 0.814. The van der Waals surface area contributed by atoms with Gasteiger partial charge in [0.15, 0.2) is 0 Å². The molecule has 0 aliphatic rings. The SMILES string of the molecule is CC(C)(C)ON(C=O)CCCN=[N+]=[N-]. The van der Waals surface area contributed by atoms with Crippen molar-refractivity contribution in [2.75, 3.05) is 13.1 Å². The molecule has 0 aliphatic heterocycles. The number of azide groups is 1. The van der Waals surface area contributed by atoms with E-state index < -0.39 is 0 Å². The predicted molar refractivity (Wildman–Crippen MR) is 52.2 cm³/mol. The van der Waals surface area contributed by atoms with Gasteiger partial charge < -0.3 is 0 Å². The van der Waals surface area contributed by atoms with Gasteiger partial charge in [0, 0.05) is 18.0 Å². The Morgan fingerprint density at radius 3 is 2.64 bits per heavy atom. The van der Waals surface area contributed by atoms with Crippen LogP contribution in [-0.4, -0.2) is 30.2 Å². The van der Waals surface area contributed by atoms with E-state index in [9.17, 15) is 4.79 Å². The van der Waals surface area contributed by atoms with Crippen molar-refractivity contribution in [2.45, 2.75) is 32.8 Å². The third kappa shape index (κ3) is 7.39. The lowest BCUT2D eigenvalue weighted by molar-refractivity contribution is -0.216. The highest BCUT2D eigenvalue weighted by Crippen LogP contribution is 2.09. The van der Waals surface area contributed by atoms with Gasteiger partial charge in [-0.1, -0.05) is 5.11 Å². The third-order valence-corrected chi connectivity index (χ3v) is 1.21. The van der Waals surface area contributed by atoms with Gasteiger partial charge in [0.1, 0.15) is 0 Å². The molecule has 0 saturated heterocycles. The van der Waals surface area contributed by atoms with Crippen molar-refractivity contribution in [3.63, 3.8) is 0 Å². The smallest absolute Gasteiger partial charge is 0.233 e. The predicted octanol–water partition coefficient (Wildman–Crippen LogP) is 1.88. The van der Waals surface area contributed by atoms with Crippen LogP contribution in [0.3, 0.4) is 0 Å². The zero-order valence-electron chi connectivity index (χ0n) is 8.80. The van der Waals surface area contributed by atoms with E-state index in [-0.39, 0.29) is 5.60 Å². The largest absolute Gasteiger partial charge is 0.276 e. The van der Waals surface area contributed by atoms with Crippen LogP contribution in [0.2, 0.25) is 0 Å². The van der Waals surface area contributed by atoms with Crippen LogP contribution in [-0.2, 0) is 9.63 Å². The Kier molecular flexibility index (Phi) is 5.67. The van der Waals surface area contributed by atoms with Gasteiger partial charge in [0.2, 0.25) is 6.41 Å². The standard InChI is InChI=1S/C8H16N4O2/c1-8(2,3)14-12(7-13)6-4-5-10-11-9/h7H,4-6H2,1-3H3. The highest BCUT2D eigenvalue weighted by Gasteiger charge is 2.15. The number of nitrogens with zero attached hydrogens (tertiary/aromatic N) is 4. The average Bonchev–Trinajstić information content (AvgIpc) is 2.08. The van der Waals surface area contributed by atoms with E-state index in [1.54, 1.807) is 0 Å². The van der Waals surface area contributed by atoms with Gasteiger partial charge in [-0.25, -0.2) is 5.06 Å². The van der Waals surface area contributed by atoms with Crippen molar-refractivity contribution < 1.29 is 9.63 Å². The van der Waals surface area contributed by atoms with Crippen molar-refractivity contribution in [2.24, 2.45) is 5.11 Å². The zero-order valence-corrected chi connectivity index (χ0v) is 8.80. The van der Waals surface area contributed by atoms with Gasteiger partial charge >= 0.3 is 0 Å². The monoisotopic (exact) mass is 200 g/mol. The molecule has 0 fully saturated rings. The number of rotatable bonds is 6. The number of amides is 1. The lowest BCUT2D eigenvalue weighted by Crippen LogP contribution is -2.33. The molecule has 0 N–H and O–H groups in total. The minimum atomic E-state index is -0.389. The minimum Gasteiger partial charge on any atom is -0.276 e. The van der Waals surface area contributed by atoms with E-state index in [1.807, 2.05) is 20.8 Å². The van der Waals surface area contributed by atoms with Crippen molar-refractivity contribution in [3.05, 3.63) is 10.4 Å². The number of hydrogen-bond donors (Lipinski definition) is 0. The summed E-state index contributed by atoms with van der Waals surface area (Å²) in [6.45, 7) is 6.37. The second-order valence-corrected chi connectivity index (χ2v) is 3.76. The lowest BCUT2D eigenvalue weighted by atomic mass is 10.2. The molecular formula is C8H16N4O2. The van der Waals surface area contributed by atoms with Crippen LogP contribution < -0.4 is 0 Å². The Morgan fingerprint density at radius 1 is 1.57 bits per heavy atom. The summed E-state index contributed by atoms with van der Waals surface area (Å²) in [7, 11) is 0. The molecule has 6 nitrogen and oxygen atoms in total. The van der Waals surface area contributed by atoms with E-state index in [2.05, 4.69) is 10.0 Å². The quantitative estimate of drug-likeness (QED) is 0.164. The fourth-order valence-electron chi connectivity index (χ4n) is 0.814. The lowest BCUT2D eigenvalue weighted by Gasteiger charge is -2.26.